The molecule has 1 aromatic carbocycles. The smallest absolute Gasteiger partial charge is 0.293 e. The number of ether oxygens (including phenoxy) is 2. The summed E-state index contributed by atoms with van der Waals surface area (Å²) in [5.74, 6) is 1.03. The molecule has 0 bridgehead atoms. The molecule has 1 fully saturated rings. The molecule has 1 aromatic rings. The monoisotopic (exact) mass is 375 g/mol. The number of imide groups is 1. The van der Waals surface area contributed by atoms with Crippen molar-refractivity contribution in [2.45, 2.75) is 39.7 Å². The number of carbonyl (C=O) groups excluding carboxylic acids is 2. The Bertz CT molecular complexity index is 742. The van der Waals surface area contributed by atoms with Crippen molar-refractivity contribution in [3.63, 3.8) is 0 Å². The molecule has 0 aliphatic carbocycles. The van der Waals surface area contributed by atoms with E-state index in [1.54, 1.807) is 19.3 Å². The lowest BCUT2D eigenvalue weighted by molar-refractivity contribution is -0.124. The number of rotatable bonds is 8. The number of allylic oxidation sites excluding steroid dienone is 1. The molecule has 0 aromatic heterocycles. The van der Waals surface area contributed by atoms with E-state index in [1.807, 2.05) is 32.9 Å². The molecule has 0 unspecified atom stereocenters. The maximum Gasteiger partial charge on any atom is 0.293 e. The van der Waals surface area contributed by atoms with Crippen LogP contribution in [0.5, 0.6) is 11.5 Å². The lowest BCUT2D eigenvalue weighted by atomic mass is 10.0. The van der Waals surface area contributed by atoms with Crippen molar-refractivity contribution in [1.29, 1.82) is 0 Å². The Morgan fingerprint density at radius 3 is 2.62 bits per heavy atom. The molecule has 6 heteroatoms. The van der Waals surface area contributed by atoms with Crippen molar-refractivity contribution in [2.75, 3.05) is 13.7 Å². The van der Waals surface area contributed by atoms with Crippen molar-refractivity contribution < 1.29 is 19.1 Å². The minimum atomic E-state index is -0.243. The second kappa shape index (κ2) is 8.94. The van der Waals surface area contributed by atoms with Gasteiger partial charge >= 0.3 is 0 Å². The first kappa shape index (κ1) is 20.1. The lowest BCUT2D eigenvalue weighted by Crippen LogP contribution is -2.36. The second-order valence-electron chi connectivity index (χ2n) is 5.95. The number of thioether (sulfide) groups is 1. The molecule has 1 saturated heterocycles. The number of hydrogen-bond donors (Lipinski definition) is 0. The quantitative estimate of drug-likeness (QED) is 0.489. The number of carbonyl (C=O) groups is 2. The average Bonchev–Trinajstić information content (AvgIpc) is 2.90. The van der Waals surface area contributed by atoms with Crippen LogP contribution in [0.15, 0.2) is 29.7 Å². The first-order valence-electron chi connectivity index (χ1n) is 8.68. The minimum Gasteiger partial charge on any atom is -0.493 e. The van der Waals surface area contributed by atoms with Gasteiger partial charge in [-0.1, -0.05) is 13.0 Å². The fourth-order valence-corrected chi connectivity index (χ4v) is 3.66. The van der Waals surface area contributed by atoms with Gasteiger partial charge in [0.15, 0.2) is 11.5 Å². The van der Waals surface area contributed by atoms with Gasteiger partial charge in [-0.25, -0.2) is 0 Å². The van der Waals surface area contributed by atoms with Crippen LogP contribution in [0, 0.1) is 0 Å². The molecule has 140 valence electrons. The van der Waals surface area contributed by atoms with Gasteiger partial charge in [0, 0.05) is 11.6 Å². The van der Waals surface area contributed by atoms with E-state index in [9.17, 15) is 9.59 Å². The maximum absolute atomic E-state index is 12.6. The predicted octanol–water partition coefficient (Wildman–Crippen LogP) is 4.66. The predicted molar refractivity (Wildman–Crippen MR) is 106 cm³/mol. The fraction of sp³-hybridized carbons (Fsp3) is 0.400. The zero-order valence-electron chi connectivity index (χ0n) is 15.7. The van der Waals surface area contributed by atoms with Crippen LogP contribution in [0.25, 0.3) is 6.08 Å². The Morgan fingerprint density at radius 1 is 1.31 bits per heavy atom. The van der Waals surface area contributed by atoms with Crippen LogP contribution < -0.4 is 9.47 Å². The number of hydrogen-bond acceptors (Lipinski definition) is 5. The van der Waals surface area contributed by atoms with Crippen LogP contribution in [0.2, 0.25) is 0 Å². The molecule has 1 atom stereocenters. The molecule has 26 heavy (non-hydrogen) atoms. The maximum atomic E-state index is 12.6. The van der Waals surface area contributed by atoms with Gasteiger partial charge in [0.05, 0.1) is 18.6 Å². The Hall–Kier alpha value is -2.21. The Kier molecular flexibility index (Phi) is 6.91. The van der Waals surface area contributed by atoms with Gasteiger partial charge in [0.1, 0.15) is 0 Å². The topological polar surface area (TPSA) is 55.8 Å². The molecule has 5 nitrogen and oxygen atoms in total. The summed E-state index contributed by atoms with van der Waals surface area (Å²) >= 11 is 0.974. The van der Waals surface area contributed by atoms with E-state index in [2.05, 4.69) is 6.58 Å². The summed E-state index contributed by atoms with van der Waals surface area (Å²) in [4.78, 5) is 26.5. The molecular weight excluding hydrogens is 350 g/mol. The van der Waals surface area contributed by atoms with Crippen LogP contribution in [0.1, 0.15) is 38.3 Å². The van der Waals surface area contributed by atoms with Gasteiger partial charge in [0.25, 0.3) is 11.1 Å². The molecule has 0 N–H and O–H groups in total. The first-order valence-corrected chi connectivity index (χ1v) is 9.50. The molecule has 2 rings (SSSR count). The summed E-state index contributed by atoms with van der Waals surface area (Å²) in [7, 11) is 1.58. The second-order valence-corrected chi connectivity index (χ2v) is 6.94. The van der Waals surface area contributed by atoms with E-state index >= 15 is 0 Å². The van der Waals surface area contributed by atoms with E-state index in [0.29, 0.717) is 29.4 Å². The normalized spacial score (nSPS) is 16.9. The van der Waals surface area contributed by atoms with Gasteiger partial charge in [-0.3, -0.25) is 14.5 Å². The summed E-state index contributed by atoms with van der Waals surface area (Å²) in [6.07, 6.45) is 4.86. The van der Waals surface area contributed by atoms with Gasteiger partial charge in [-0.05, 0) is 62.2 Å². The highest BCUT2D eigenvalue weighted by molar-refractivity contribution is 8.18. The fourth-order valence-electron chi connectivity index (χ4n) is 2.73. The number of amides is 2. The van der Waals surface area contributed by atoms with E-state index in [-0.39, 0.29) is 17.2 Å². The van der Waals surface area contributed by atoms with Crippen LogP contribution in [0.4, 0.5) is 4.79 Å². The molecule has 1 aliphatic heterocycles. The Balaban J connectivity index is 2.44. The van der Waals surface area contributed by atoms with Crippen molar-refractivity contribution >= 4 is 29.0 Å². The standard InChI is InChI=1S/C20H25NO4S/c1-6-9-15-10-14(11-16(24-5)18(15)25-8-3)12-17-19(22)21(13(4)7-2)20(23)26-17/h6,10-13H,1,7-9H2,2-5H3/b17-12+/t13-/m0/s1. The molecule has 1 heterocycles. The molecular formula is C20H25NO4S. The summed E-state index contributed by atoms with van der Waals surface area (Å²) < 4.78 is 11.2. The zero-order valence-corrected chi connectivity index (χ0v) is 16.5. The third kappa shape index (κ3) is 4.12. The van der Waals surface area contributed by atoms with Crippen molar-refractivity contribution in [3.05, 3.63) is 40.8 Å². The average molecular weight is 375 g/mol. The highest BCUT2D eigenvalue weighted by Crippen LogP contribution is 2.37. The van der Waals surface area contributed by atoms with Gasteiger partial charge in [0.2, 0.25) is 0 Å². The molecule has 0 saturated carbocycles. The van der Waals surface area contributed by atoms with Crippen molar-refractivity contribution in [3.8, 4) is 11.5 Å². The van der Waals surface area contributed by atoms with Gasteiger partial charge < -0.3 is 9.47 Å². The van der Waals surface area contributed by atoms with Gasteiger partial charge in [-0.15, -0.1) is 6.58 Å². The number of benzene rings is 1. The summed E-state index contributed by atoms with van der Waals surface area (Å²) in [5.41, 5.74) is 1.71. The first-order chi connectivity index (χ1) is 12.5. The van der Waals surface area contributed by atoms with E-state index in [4.69, 9.17) is 9.47 Å². The summed E-state index contributed by atoms with van der Waals surface area (Å²) in [5, 5.41) is -0.222. The molecule has 2 amide bonds. The van der Waals surface area contributed by atoms with Crippen LogP contribution in [0.3, 0.4) is 0 Å². The highest BCUT2D eigenvalue weighted by atomic mass is 32.2. The molecule has 0 spiro atoms. The Labute approximate surface area is 159 Å². The van der Waals surface area contributed by atoms with Crippen LogP contribution >= 0.6 is 11.8 Å². The summed E-state index contributed by atoms with van der Waals surface area (Å²) in [6, 6.07) is 3.64. The third-order valence-electron chi connectivity index (χ3n) is 4.18. The van der Waals surface area contributed by atoms with E-state index < -0.39 is 0 Å². The van der Waals surface area contributed by atoms with Crippen LogP contribution in [-0.2, 0) is 11.2 Å². The zero-order chi connectivity index (χ0) is 19.3. The Morgan fingerprint density at radius 2 is 2.04 bits per heavy atom. The minimum absolute atomic E-state index is 0.111. The van der Waals surface area contributed by atoms with Crippen molar-refractivity contribution in [1.82, 2.24) is 4.90 Å². The van der Waals surface area contributed by atoms with E-state index in [0.717, 1.165) is 29.3 Å². The highest BCUT2D eigenvalue weighted by Gasteiger charge is 2.37. The molecule has 0 radical (unpaired) electrons. The van der Waals surface area contributed by atoms with Crippen molar-refractivity contribution in [2.24, 2.45) is 0 Å². The number of methoxy groups -OCH3 is 1. The largest absolute Gasteiger partial charge is 0.493 e. The SMILES string of the molecule is C=CCc1cc(/C=C2/SC(=O)N([C@@H](C)CC)C2=O)cc(OC)c1OCC. The number of nitrogens with zero attached hydrogens (tertiary/aromatic N) is 1. The van der Waals surface area contributed by atoms with Gasteiger partial charge in [-0.2, -0.15) is 0 Å². The van der Waals surface area contributed by atoms with E-state index in [1.165, 1.54) is 4.90 Å². The summed E-state index contributed by atoms with van der Waals surface area (Å²) in [6.45, 7) is 10.1. The lowest BCUT2D eigenvalue weighted by Gasteiger charge is -2.19. The molecule has 1 aliphatic rings. The third-order valence-corrected chi connectivity index (χ3v) is 5.06. The van der Waals surface area contributed by atoms with Crippen LogP contribution in [-0.4, -0.2) is 35.8 Å².